The predicted molar refractivity (Wildman–Crippen MR) is 118 cm³/mol. The molecule has 0 fully saturated rings. The molecule has 164 valence electrons. The zero-order valence-corrected chi connectivity index (χ0v) is 19.1. The smallest absolute Gasteiger partial charge is 0.322 e. The average molecular weight is 456 g/mol. The molecule has 1 aromatic heterocycles. The van der Waals surface area contributed by atoms with E-state index in [0.717, 1.165) is 5.76 Å². The van der Waals surface area contributed by atoms with Gasteiger partial charge in [-0.1, -0.05) is 29.3 Å². The number of ether oxygens (including phenoxy) is 1. The lowest BCUT2D eigenvalue weighted by molar-refractivity contribution is -0.133. The molecular formula is C21H27Cl2N3O4. The van der Waals surface area contributed by atoms with Crippen molar-refractivity contribution in [3.63, 3.8) is 0 Å². The topological polar surface area (TPSA) is 75.0 Å². The first-order valence-corrected chi connectivity index (χ1v) is 10.3. The molecule has 9 heteroatoms. The normalized spacial score (nSPS) is 10.9. The number of benzene rings is 1. The van der Waals surface area contributed by atoms with Gasteiger partial charge < -0.3 is 24.3 Å². The second kappa shape index (κ2) is 11.2. The summed E-state index contributed by atoms with van der Waals surface area (Å²) in [6, 6.07) is 7.98. The van der Waals surface area contributed by atoms with E-state index in [9.17, 15) is 9.59 Å². The zero-order chi connectivity index (χ0) is 22.3. The lowest BCUT2D eigenvalue weighted by Crippen LogP contribution is -2.47. The number of halogens is 2. The molecule has 0 saturated heterocycles. The van der Waals surface area contributed by atoms with Gasteiger partial charge in [0.05, 0.1) is 28.9 Å². The van der Waals surface area contributed by atoms with Crippen molar-refractivity contribution < 1.29 is 18.7 Å². The van der Waals surface area contributed by atoms with Crippen LogP contribution in [0.3, 0.4) is 0 Å². The fourth-order valence-electron chi connectivity index (χ4n) is 2.77. The molecule has 1 N–H and O–H groups in total. The van der Waals surface area contributed by atoms with Crippen LogP contribution in [0, 0.1) is 6.92 Å². The van der Waals surface area contributed by atoms with Crippen LogP contribution < -0.4 is 5.32 Å². The van der Waals surface area contributed by atoms with Gasteiger partial charge in [0.15, 0.2) is 0 Å². The number of furan rings is 1. The Hall–Kier alpha value is -2.22. The Bertz CT molecular complexity index is 870. The number of anilines is 1. The third-order valence-electron chi connectivity index (χ3n) is 4.44. The Morgan fingerprint density at radius 1 is 1.20 bits per heavy atom. The van der Waals surface area contributed by atoms with Crippen molar-refractivity contribution in [2.45, 2.75) is 33.4 Å². The first-order valence-electron chi connectivity index (χ1n) is 9.56. The SMILES string of the molecule is COCCN(Cc1ccc(C)o1)C(=O)CN(C(=O)Nc1cccc(Cl)c1Cl)C(C)C. The van der Waals surface area contributed by atoms with E-state index in [2.05, 4.69) is 5.32 Å². The van der Waals surface area contributed by atoms with Crippen molar-refractivity contribution in [2.24, 2.45) is 0 Å². The van der Waals surface area contributed by atoms with Gasteiger partial charge in [-0.25, -0.2) is 4.79 Å². The standard InChI is InChI=1S/C21H27Cl2N3O4/c1-14(2)26(21(28)24-18-7-5-6-17(22)20(18)23)13-19(27)25(10-11-29-4)12-16-9-8-15(3)30-16/h5-9,14H,10-13H2,1-4H3,(H,24,28). The van der Waals surface area contributed by atoms with E-state index < -0.39 is 6.03 Å². The Morgan fingerprint density at radius 2 is 1.93 bits per heavy atom. The summed E-state index contributed by atoms with van der Waals surface area (Å²) in [6.07, 6.45) is 0. The van der Waals surface area contributed by atoms with Gasteiger partial charge in [0.1, 0.15) is 18.1 Å². The van der Waals surface area contributed by atoms with Gasteiger partial charge >= 0.3 is 6.03 Å². The van der Waals surface area contributed by atoms with Gasteiger partial charge in [-0.15, -0.1) is 0 Å². The zero-order valence-electron chi connectivity index (χ0n) is 17.6. The molecule has 7 nitrogen and oxygen atoms in total. The van der Waals surface area contributed by atoms with Gasteiger partial charge in [-0.2, -0.15) is 0 Å². The van der Waals surface area contributed by atoms with Crippen LogP contribution in [-0.2, 0) is 16.1 Å². The molecule has 0 unspecified atom stereocenters. The largest absolute Gasteiger partial charge is 0.464 e. The molecule has 30 heavy (non-hydrogen) atoms. The molecule has 0 bridgehead atoms. The van der Waals surface area contributed by atoms with E-state index in [4.69, 9.17) is 32.4 Å². The maximum atomic E-state index is 13.0. The molecule has 0 aliphatic carbocycles. The minimum Gasteiger partial charge on any atom is -0.464 e. The van der Waals surface area contributed by atoms with Crippen molar-refractivity contribution in [3.8, 4) is 0 Å². The minimum atomic E-state index is -0.442. The highest BCUT2D eigenvalue weighted by Gasteiger charge is 2.25. The van der Waals surface area contributed by atoms with Gasteiger partial charge in [-0.05, 0) is 45.0 Å². The Balaban J connectivity index is 2.12. The van der Waals surface area contributed by atoms with Crippen molar-refractivity contribution >= 4 is 40.8 Å². The molecule has 3 amide bonds. The van der Waals surface area contributed by atoms with Crippen molar-refractivity contribution in [1.29, 1.82) is 0 Å². The van der Waals surface area contributed by atoms with Crippen LogP contribution in [0.15, 0.2) is 34.7 Å². The molecule has 0 saturated carbocycles. The lowest BCUT2D eigenvalue weighted by Gasteiger charge is -2.30. The molecule has 0 spiro atoms. The second-order valence-corrected chi connectivity index (χ2v) is 7.86. The molecule has 1 heterocycles. The molecule has 0 aliphatic rings. The predicted octanol–water partition coefficient (Wildman–Crippen LogP) is 4.81. The fraction of sp³-hybridized carbons (Fsp3) is 0.429. The summed E-state index contributed by atoms with van der Waals surface area (Å²) >= 11 is 12.2. The lowest BCUT2D eigenvalue weighted by atomic mass is 10.3. The third-order valence-corrected chi connectivity index (χ3v) is 5.26. The third kappa shape index (κ3) is 6.65. The molecule has 2 aromatic rings. The van der Waals surface area contributed by atoms with Crippen LogP contribution in [0.4, 0.5) is 10.5 Å². The van der Waals surface area contributed by atoms with Crippen LogP contribution in [0.5, 0.6) is 0 Å². The van der Waals surface area contributed by atoms with Gasteiger partial charge in [0.25, 0.3) is 0 Å². The highest BCUT2D eigenvalue weighted by molar-refractivity contribution is 6.43. The quantitative estimate of drug-likeness (QED) is 0.588. The fourth-order valence-corrected chi connectivity index (χ4v) is 3.12. The summed E-state index contributed by atoms with van der Waals surface area (Å²) in [5, 5.41) is 3.31. The molecule has 0 radical (unpaired) electrons. The summed E-state index contributed by atoms with van der Waals surface area (Å²) in [7, 11) is 1.57. The van der Waals surface area contributed by atoms with Crippen LogP contribution in [0.2, 0.25) is 10.0 Å². The van der Waals surface area contributed by atoms with E-state index >= 15 is 0 Å². The monoisotopic (exact) mass is 455 g/mol. The summed E-state index contributed by atoms with van der Waals surface area (Å²) in [5.41, 5.74) is 0.384. The maximum Gasteiger partial charge on any atom is 0.322 e. The first kappa shape index (κ1) is 24.1. The molecular weight excluding hydrogens is 429 g/mol. The summed E-state index contributed by atoms with van der Waals surface area (Å²) in [4.78, 5) is 28.9. The van der Waals surface area contributed by atoms with E-state index in [1.165, 1.54) is 4.90 Å². The van der Waals surface area contributed by atoms with Crippen molar-refractivity contribution in [1.82, 2.24) is 9.80 Å². The highest BCUT2D eigenvalue weighted by atomic mass is 35.5. The summed E-state index contributed by atoms with van der Waals surface area (Å²) in [5.74, 6) is 1.22. The number of amides is 3. The van der Waals surface area contributed by atoms with Gasteiger partial charge in [0, 0.05) is 19.7 Å². The number of rotatable bonds is 9. The van der Waals surface area contributed by atoms with Crippen LogP contribution >= 0.6 is 23.2 Å². The Morgan fingerprint density at radius 3 is 2.53 bits per heavy atom. The number of hydrogen-bond donors (Lipinski definition) is 1. The number of nitrogens with zero attached hydrogens (tertiary/aromatic N) is 2. The van der Waals surface area contributed by atoms with Gasteiger partial charge in [0.2, 0.25) is 5.91 Å². The van der Waals surface area contributed by atoms with E-state index in [1.807, 2.05) is 32.9 Å². The van der Waals surface area contributed by atoms with Crippen LogP contribution in [0.25, 0.3) is 0 Å². The number of methoxy groups -OCH3 is 1. The summed E-state index contributed by atoms with van der Waals surface area (Å²) in [6.45, 7) is 6.45. The maximum absolute atomic E-state index is 13.0. The van der Waals surface area contributed by atoms with E-state index in [1.54, 1.807) is 30.2 Å². The number of carbonyl (C=O) groups is 2. The van der Waals surface area contributed by atoms with E-state index in [0.29, 0.717) is 36.2 Å². The minimum absolute atomic E-state index is 0.106. The van der Waals surface area contributed by atoms with Gasteiger partial charge in [-0.3, -0.25) is 4.79 Å². The second-order valence-electron chi connectivity index (χ2n) is 7.07. The number of nitrogens with one attached hydrogen (secondary N) is 1. The van der Waals surface area contributed by atoms with Crippen LogP contribution in [-0.4, -0.2) is 54.6 Å². The Labute approximate surface area is 186 Å². The Kier molecular flexibility index (Phi) is 9.02. The molecule has 1 aromatic carbocycles. The number of aryl methyl sites for hydroxylation is 1. The van der Waals surface area contributed by atoms with Crippen molar-refractivity contribution in [2.75, 3.05) is 32.1 Å². The first-order chi connectivity index (χ1) is 14.2. The average Bonchev–Trinajstić information content (AvgIpc) is 3.11. The molecule has 2 rings (SSSR count). The molecule has 0 aliphatic heterocycles. The number of urea groups is 1. The number of carbonyl (C=O) groups excluding carboxylic acids is 2. The van der Waals surface area contributed by atoms with Crippen molar-refractivity contribution in [3.05, 3.63) is 51.9 Å². The van der Waals surface area contributed by atoms with Crippen LogP contribution in [0.1, 0.15) is 25.4 Å². The molecule has 0 atom stereocenters. The summed E-state index contributed by atoms with van der Waals surface area (Å²) < 4.78 is 10.7. The highest BCUT2D eigenvalue weighted by Crippen LogP contribution is 2.29. The van der Waals surface area contributed by atoms with E-state index in [-0.39, 0.29) is 23.5 Å². The number of hydrogen-bond acceptors (Lipinski definition) is 4.